The fourth-order valence-corrected chi connectivity index (χ4v) is 13.2. The molecular weight excluding hydrogens is 1270 g/mol. The quantitative estimate of drug-likeness (QED) is 0.0190. The van der Waals surface area contributed by atoms with Crippen molar-refractivity contribution in [3.63, 3.8) is 0 Å². The van der Waals surface area contributed by atoms with Crippen molar-refractivity contribution in [2.24, 2.45) is 35.0 Å². The van der Waals surface area contributed by atoms with Crippen molar-refractivity contribution >= 4 is 70.6 Å². The summed E-state index contributed by atoms with van der Waals surface area (Å²) in [6.07, 6.45) is 0.650. The van der Waals surface area contributed by atoms with Gasteiger partial charge in [-0.1, -0.05) is 125 Å². The van der Waals surface area contributed by atoms with Crippen molar-refractivity contribution in [3.8, 4) is 0 Å². The second-order valence-corrected chi connectivity index (χ2v) is 28.7. The molecule has 1 saturated carbocycles. The number of benzene rings is 2. The van der Waals surface area contributed by atoms with Crippen LogP contribution in [0.3, 0.4) is 0 Å². The molecule has 4 rings (SSSR count). The number of Topliss-reactive ketones (excluding diaryl/α,β-unsaturated/α-hetero) is 2. The molecule has 0 spiro atoms. The van der Waals surface area contributed by atoms with E-state index >= 15 is 0 Å². The zero-order valence-corrected chi connectivity index (χ0v) is 62.0. The number of aliphatic hydroxyl groups is 1. The van der Waals surface area contributed by atoms with Crippen LogP contribution in [0.4, 0.5) is 10.5 Å². The van der Waals surface area contributed by atoms with E-state index in [0.717, 1.165) is 0 Å². The van der Waals surface area contributed by atoms with Crippen LogP contribution in [0.1, 0.15) is 184 Å². The first kappa shape index (κ1) is 83.6. The van der Waals surface area contributed by atoms with Gasteiger partial charge in [0, 0.05) is 85.5 Å². The summed E-state index contributed by atoms with van der Waals surface area (Å²) in [5, 5.41) is 31.0. The molecule has 552 valence electrons. The minimum absolute atomic E-state index is 0.00853. The number of unbranched alkanes of at least 4 members (excludes halogenated alkanes) is 1. The topological polar surface area (TPSA) is 330 Å². The number of aliphatic hydroxyl groups excluding tert-OH is 1. The zero-order chi connectivity index (χ0) is 74.2. The third-order valence-corrected chi connectivity index (χ3v) is 19.2. The first-order chi connectivity index (χ1) is 46.6. The highest BCUT2D eigenvalue weighted by atomic mass is 16.6. The highest BCUT2D eigenvalue weighted by Crippen LogP contribution is 2.35. The van der Waals surface area contributed by atoms with E-state index in [1.54, 1.807) is 116 Å². The van der Waals surface area contributed by atoms with Gasteiger partial charge in [-0.05, 0) is 105 Å². The molecule has 2 fully saturated rings. The van der Waals surface area contributed by atoms with Crippen molar-refractivity contribution in [1.29, 1.82) is 0 Å². The number of carbonyl (C=O) groups excluding carboxylic acids is 11. The van der Waals surface area contributed by atoms with Crippen molar-refractivity contribution < 1.29 is 72.1 Å². The molecule has 0 bridgehead atoms. The lowest BCUT2D eigenvalue weighted by Gasteiger charge is -2.41. The van der Waals surface area contributed by atoms with Crippen molar-refractivity contribution in [1.82, 2.24) is 46.6 Å². The third-order valence-electron chi connectivity index (χ3n) is 19.2. The SMILES string of the molecule is CC[C@@H](C)[C@H]([C@H](CC(=O)N1CCC[C@@H]1[C@@H](OC)[C@H](C)C(=O)N[C@@H](C)[C@H](O)c1ccccc1)OC)N(C)C(=O)[C@H](NC(=O)[C@@H](C(C)C)N(C)C(=O)OCc1ccc(NC(=O)C(CCCCNC(C)=C2C(=O)CC(C)(C)CC2=O)NC(=O)[C@H](NC(=O)CCCC(=O)NC)C(C)C)cc1)C(C)C. The fourth-order valence-electron chi connectivity index (χ4n) is 13.2. The number of anilines is 1. The summed E-state index contributed by atoms with van der Waals surface area (Å²) in [5.74, 6) is -5.85. The van der Waals surface area contributed by atoms with Gasteiger partial charge in [-0.2, -0.15) is 0 Å². The Labute approximate surface area is 586 Å². The van der Waals surface area contributed by atoms with E-state index in [-0.39, 0.29) is 98.2 Å². The highest BCUT2D eigenvalue weighted by Gasteiger charge is 2.44. The van der Waals surface area contributed by atoms with Crippen molar-refractivity contribution in [3.05, 3.63) is 77.0 Å². The van der Waals surface area contributed by atoms with Crippen LogP contribution < -0.4 is 37.2 Å². The summed E-state index contributed by atoms with van der Waals surface area (Å²) in [7, 11) is 7.60. The van der Waals surface area contributed by atoms with Crippen molar-refractivity contribution in [2.45, 2.75) is 234 Å². The number of ether oxygens (including phenoxy) is 3. The van der Waals surface area contributed by atoms with E-state index in [0.29, 0.717) is 67.7 Å². The molecule has 1 unspecified atom stereocenters. The molecule has 99 heavy (non-hydrogen) atoms. The average Bonchev–Trinajstić information content (AvgIpc) is 1.66. The molecule has 25 nitrogen and oxygen atoms in total. The van der Waals surface area contributed by atoms with Crippen LogP contribution in [0, 0.1) is 35.0 Å². The van der Waals surface area contributed by atoms with Gasteiger partial charge < -0.3 is 66.3 Å². The van der Waals surface area contributed by atoms with Crippen LogP contribution in [0.2, 0.25) is 0 Å². The second-order valence-electron chi connectivity index (χ2n) is 28.7. The summed E-state index contributed by atoms with van der Waals surface area (Å²) < 4.78 is 17.8. The number of nitrogens with one attached hydrogen (secondary N) is 7. The smallest absolute Gasteiger partial charge is 0.410 e. The molecule has 1 heterocycles. The lowest BCUT2D eigenvalue weighted by atomic mass is 9.73. The molecule has 2 aromatic carbocycles. The molecule has 1 aliphatic heterocycles. The summed E-state index contributed by atoms with van der Waals surface area (Å²) in [6.45, 7) is 24.2. The van der Waals surface area contributed by atoms with Gasteiger partial charge in [-0.15, -0.1) is 0 Å². The molecule has 12 atom stereocenters. The maximum atomic E-state index is 14.9. The first-order valence-corrected chi connectivity index (χ1v) is 35.2. The van der Waals surface area contributed by atoms with Crippen LogP contribution in [0.15, 0.2) is 65.9 Å². The Morgan fingerprint density at radius 2 is 1.32 bits per heavy atom. The minimum atomic E-state index is -1.09. The molecule has 8 N–H and O–H groups in total. The molecule has 0 aromatic heterocycles. The summed E-state index contributed by atoms with van der Waals surface area (Å²) >= 11 is 0. The summed E-state index contributed by atoms with van der Waals surface area (Å²) in [4.78, 5) is 155. The average molecular weight is 1390 g/mol. The number of methoxy groups -OCH3 is 2. The Hall–Kier alpha value is -7.77. The van der Waals surface area contributed by atoms with Gasteiger partial charge in [0.2, 0.25) is 47.3 Å². The number of nitrogens with zero attached hydrogens (tertiary/aromatic N) is 3. The molecule has 1 aliphatic carbocycles. The van der Waals surface area contributed by atoms with Crippen LogP contribution >= 0.6 is 0 Å². The van der Waals surface area contributed by atoms with Crippen molar-refractivity contribution in [2.75, 3.05) is 53.8 Å². The van der Waals surface area contributed by atoms with E-state index < -0.39 is 119 Å². The van der Waals surface area contributed by atoms with Gasteiger partial charge >= 0.3 is 6.09 Å². The number of carbonyl (C=O) groups is 11. The zero-order valence-electron chi connectivity index (χ0n) is 62.0. The number of hydrogen-bond acceptors (Lipinski definition) is 16. The Balaban J connectivity index is 1.42. The third kappa shape index (κ3) is 24.5. The Morgan fingerprint density at radius 3 is 1.89 bits per heavy atom. The number of likely N-dealkylation sites (N-methyl/N-ethyl adjacent to an activating group) is 2. The number of rotatable bonds is 38. The number of amides is 9. The standard InChI is InChI=1S/C74H116N10O15/c1-19-46(8)65(57(97-17)39-60(89)84-38-26-30-54(84)67(98-18)47(9)68(91)77-49(11)66(90)51-27-21-20-22-28-51)82(15)72(95)63(44(4)5)81-71(94)64(45(6)7)83(16)73(96)99-42-50-33-35-52(36-34-50)78-69(92)53(79-70(93)62(43(2)3)80-59(88)32-25-31-58(87)75-14)29-23-24-37-76-48(10)61-55(85)40-74(12,13)41-56(61)86/h20-22,27-28,33-36,43-47,49,53-54,57,62-67,76,90H,19,23-26,29-32,37-42H2,1-18H3,(H,75,87)(H,77,91)(H,78,92)(H,79,93)(H,80,88)(H,81,94)/t46-,47+,49+,53?,54-,57+,62-,63-,64-,65-,66+,67+/m1/s1. The maximum absolute atomic E-state index is 14.9. The maximum Gasteiger partial charge on any atom is 0.410 e. The number of allylic oxidation sites excluding steroid dienone is 2. The van der Waals surface area contributed by atoms with Gasteiger partial charge in [0.05, 0.1) is 54.3 Å². The number of ketones is 2. The molecular formula is C74H116N10O15. The van der Waals surface area contributed by atoms with E-state index in [4.69, 9.17) is 14.2 Å². The lowest BCUT2D eigenvalue weighted by molar-refractivity contribution is -0.148. The lowest BCUT2D eigenvalue weighted by Crippen LogP contribution is -2.60. The van der Waals surface area contributed by atoms with Crippen LogP contribution in [-0.2, 0) is 68.8 Å². The largest absolute Gasteiger partial charge is 0.445 e. The van der Waals surface area contributed by atoms with E-state index in [9.17, 15) is 57.8 Å². The Morgan fingerprint density at radius 1 is 0.707 bits per heavy atom. The normalized spacial score (nSPS) is 17.9. The Bertz CT molecular complexity index is 3060. The van der Waals surface area contributed by atoms with E-state index in [1.165, 1.54) is 33.2 Å². The van der Waals surface area contributed by atoms with Gasteiger partial charge in [0.1, 0.15) is 30.8 Å². The number of hydrogen-bond donors (Lipinski definition) is 8. The first-order valence-electron chi connectivity index (χ1n) is 35.2. The highest BCUT2D eigenvalue weighted by molar-refractivity contribution is 6.22. The molecule has 0 radical (unpaired) electrons. The number of likely N-dealkylation sites (tertiary alicyclic amines) is 1. The fraction of sp³-hybridized carbons (Fsp3) is 0.662. The monoisotopic (exact) mass is 1380 g/mol. The summed E-state index contributed by atoms with van der Waals surface area (Å²) in [6, 6.07) is 9.66. The molecule has 25 heteroatoms. The van der Waals surface area contributed by atoms with E-state index in [1.807, 2.05) is 45.9 Å². The van der Waals surface area contributed by atoms with Gasteiger partial charge in [0.25, 0.3) is 0 Å². The molecule has 2 aliphatic rings. The predicted octanol–water partition coefficient (Wildman–Crippen LogP) is 7.05. The minimum Gasteiger partial charge on any atom is -0.445 e. The molecule has 1 saturated heterocycles. The van der Waals surface area contributed by atoms with Gasteiger partial charge in [-0.3, -0.25) is 52.8 Å². The van der Waals surface area contributed by atoms with Crippen LogP contribution in [0.5, 0.6) is 0 Å². The van der Waals surface area contributed by atoms with Gasteiger partial charge in [0.15, 0.2) is 11.6 Å². The van der Waals surface area contributed by atoms with Crippen LogP contribution in [0.25, 0.3) is 0 Å². The van der Waals surface area contributed by atoms with E-state index in [2.05, 4.69) is 37.2 Å². The Kier molecular flexibility index (Phi) is 33.7. The summed E-state index contributed by atoms with van der Waals surface area (Å²) in [5.41, 5.74) is 1.82. The van der Waals surface area contributed by atoms with Crippen LogP contribution in [-0.4, -0.2) is 188 Å². The molecule has 9 amide bonds. The second kappa shape index (κ2) is 39.9. The van der Waals surface area contributed by atoms with Gasteiger partial charge in [-0.25, -0.2) is 4.79 Å². The predicted molar refractivity (Wildman–Crippen MR) is 378 cm³/mol. The molecule has 2 aromatic rings.